The second kappa shape index (κ2) is 6.93. The summed E-state index contributed by atoms with van der Waals surface area (Å²) in [5.74, 6) is 0.976. The molecule has 1 aliphatic carbocycles. The fraction of sp³-hybridized carbons (Fsp3) is 0.600. The van der Waals surface area contributed by atoms with Crippen molar-refractivity contribution in [1.29, 1.82) is 0 Å². The van der Waals surface area contributed by atoms with Gasteiger partial charge in [0.25, 0.3) is 0 Å². The highest BCUT2D eigenvalue weighted by molar-refractivity contribution is 5.77. The molecule has 0 unspecified atom stereocenters. The molecule has 0 spiro atoms. The van der Waals surface area contributed by atoms with Crippen molar-refractivity contribution in [2.24, 2.45) is 17.3 Å². The number of aromatic nitrogens is 4. The van der Waals surface area contributed by atoms with Gasteiger partial charge < -0.3 is 10.0 Å². The molecule has 3 heterocycles. The van der Waals surface area contributed by atoms with Crippen LogP contribution in [0.25, 0.3) is 11.4 Å². The maximum atomic E-state index is 12.2. The number of fused-ring (bicyclic) bond motifs is 1. The molecular weight excluding hydrogens is 356 g/mol. The maximum absolute atomic E-state index is 12.2. The quantitative estimate of drug-likeness (QED) is 0.781. The fourth-order valence-corrected chi connectivity index (χ4v) is 5.18. The Morgan fingerprint density at radius 2 is 1.93 bits per heavy atom. The number of likely N-dealkylation sites (tertiary alicyclic amines) is 2. The van der Waals surface area contributed by atoms with Gasteiger partial charge in [0.05, 0.1) is 5.41 Å². The second-order valence-corrected chi connectivity index (χ2v) is 8.75. The lowest BCUT2D eigenvalue weighted by molar-refractivity contribution is -0.149. The minimum atomic E-state index is -0.622. The summed E-state index contributed by atoms with van der Waals surface area (Å²) in [5, 5.41) is 24.1. The van der Waals surface area contributed by atoms with E-state index in [9.17, 15) is 9.90 Å². The molecule has 28 heavy (non-hydrogen) atoms. The Kier molecular flexibility index (Phi) is 4.40. The topological polar surface area (TPSA) is 98.2 Å². The van der Waals surface area contributed by atoms with Gasteiger partial charge in [-0.2, -0.15) is 5.21 Å². The molecule has 8 nitrogen and oxygen atoms in total. The molecule has 5 rings (SSSR count). The van der Waals surface area contributed by atoms with E-state index in [0.29, 0.717) is 18.9 Å². The van der Waals surface area contributed by atoms with Crippen LogP contribution in [0.4, 0.5) is 0 Å². The molecule has 2 N–H and O–H groups in total. The van der Waals surface area contributed by atoms with Crippen molar-refractivity contribution in [3.05, 3.63) is 29.8 Å². The van der Waals surface area contributed by atoms with Gasteiger partial charge >= 0.3 is 5.97 Å². The molecule has 148 valence electrons. The molecule has 1 aromatic carbocycles. The molecule has 3 aliphatic rings. The Morgan fingerprint density at radius 1 is 1.18 bits per heavy atom. The number of aromatic amines is 1. The van der Waals surface area contributed by atoms with Gasteiger partial charge in [-0.15, -0.1) is 10.2 Å². The lowest BCUT2D eigenvalue weighted by Gasteiger charge is -2.31. The van der Waals surface area contributed by atoms with Crippen molar-refractivity contribution < 1.29 is 9.90 Å². The molecule has 1 saturated carbocycles. The standard InChI is InChI=1S/C20H26N6O2/c27-19(28)20-12-25(8-14-2-1-3-14)10-17(20)11-26(13-20)9-15-4-6-16(7-5-15)18-21-23-24-22-18/h4-7,14,17H,1-3,8-13H2,(H,27,28)(H,21,22,23,24)/t17-,20-/m1/s1. The van der Waals surface area contributed by atoms with Crippen LogP contribution < -0.4 is 0 Å². The zero-order chi connectivity index (χ0) is 19.1. The van der Waals surface area contributed by atoms with Crippen molar-refractivity contribution in [2.45, 2.75) is 25.8 Å². The molecule has 2 aliphatic heterocycles. The van der Waals surface area contributed by atoms with Gasteiger partial charge in [-0.3, -0.25) is 9.69 Å². The first kappa shape index (κ1) is 17.8. The van der Waals surface area contributed by atoms with Crippen LogP contribution in [-0.2, 0) is 11.3 Å². The highest BCUT2D eigenvalue weighted by Crippen LogP contribution is 2.44. The van der Waals surface area contributed by atoms with Crippen LogP contribution in [0.2, 0.25) is 0 Å². The summed E-state index contributed by atoms with van der Waals surface area (Å²) in [5.41, 5.74) is 1.50. The van der Waals surface area contributed by atoms with Crippen LogP contribution in [0, 0.1) is 17.3 Å². The van der Waals surface area contributed by atoms with E-state index in [0.717, 1.165) is 37.7 Å². The minimum Gasteiger partial charge on any atom is -0.481 e. The van der Waals surface area contributed by atoms with E-state index in [2.05, 4.69) is 42.6 Å². The first-order valence-corrected chi connectivity index (χ1v) is 10.1. The van der Waals surface area contributed by atoms with Crippen molar-refractivity contribution in [2.75, 3.05) is 32.7 Å². The van der Waals surface area contributed by atoms with Crippen LogP contribution in [0.1, 0.15) is 24.8 Å². The van der Waals surface area contributed by atoms with Crippen molar-refractivity contribution in [3.63, 3.8) is 0 Å². The van der Waals surface area contributed by atoms with Crippen LogP contribution in [0.15, 0.2) is 24.3 Å². The summed E-state index contributed by atoms with van der Waals surface area (Å²) in [4.78, 5) is 16.9. The highest BCUT2D eigenvalue weighted by Gasteiger charge is 2.57. The van der Waals surface area contributed by atoms with Crippen LogP contribution in [0.3, 0.4) is 0 Å². The summed E-state index contributed by atoms with van der Waals surface area (Å²) in [7, 11) is 0. The van der Waals surface area contributed by atoms with Crippen LogP contribution in [-0.4, -0.2) is 74.2 Å². The van der Waals surface area contributed by atoms with E-state index in [-0.39, 0.29) is 5.92 Å². The van der Waals surface area contributed by atoms with E-state index in [1.165, 1.54) is 24.8 Å². The summed E-state index contributed by atoms with van der Waals surface area (Å²) in [6.07, 6.45) is 3.96. The summed E-state index contributed by atoms with van der Waals surface area (Å²) in [6.45, 7) is 5.00. The van der Waals surface area contributed by atoms with Crippen molar-refractivity contribution >= 4 is 5.97 Å². The molecular formula is C20H26N6O2. The summed E-state index contributed by atoms with van der Waals surface area (Å²) < 4.78 is 0. The average Bonchev–Trinajstić information content (AvgIpc) is 3.34. The molecule has 2 atom stereocenters. The molecule has 0 amide bonds. The number of nitrogens with zero attached hydrogens (tertiary/aromatic N) is 5. The molecule has 2 saturated heterocycles. The van der Waals surface area contributed by atoms with E-state index in [1.54, 1.807) is 0 Å². The first-order chi connectivity index (χ1) is 13.6. The molecule has 1 aromatic heterocycles. The highest BCUT2D eigenvalue weighted by atomic mass is 16.4. The van der Waals surface area contributed by atoms with Gasteiger partial charge in [-0.25, -0.2) is 0 Å². The monoisotopic (exact) mass is 382 g/mol. The molecule has 2 aromatic rings. The Hall–Kier alpha value is -2.32. The van der Waals surface area contributed by atoms with Gasteiger partial charge in [0, 0.05) is 50.7 Å². The zero-order valence-corrected chi connectivity index (χ0v) is 15.9. The zero-order valence-electron chi connectivity index (χ0n) is 15.9. The molecule has 8 heteroatoms. The second-order valence-electron chi connectivity index (χ2n) is 8.75. The third kappa shape index (κ3) is 3.10. The lowest BCUT2D eigenvalue weighted by Crippen LogP contribution is -2.41. The predicted octanol–water partition coefficient (Wildman–Crippen LogP) is 1.49. The smallest absolute Gasteiger partial charge is 0.312 e. The van der Waals surface area contributed by atoms with E-state index < -0.39 is 11.4 Å². The normalized spacial score (nSPS) is 28.4. The van der Waals surface area contributed by atoms with Gasteiger partial charge in [0.2, 0.25) is 5.82 Å². The molecule has 0 bridgehead atoms. The van der Waals surface area contributed by atoms with E-state index in [1.807, 2.05) is 12.1 Å². The third-order valence-corrected chi connectivity index (χ3v) is 6.88. The Morgan fingerprint density at radius 3 is 2.54 bits per heavy atom. The summed E-state index contributed by atoms with van der Waals surface area (Å²) in [6, 6.07) is 8.11. The first-order valence-electron chi connectivity index (χ1n) is 10.1. The van der Waals surface area contributed by atoms with Crippen LogP contribution >= 0.6 is 0 Å². The van der Waals surface area contributed by atoms with Gasteiger partial charge in [0.15, 0.2) is 0 Å². The molecule has 0 radical (unpaired) electrons. The number of tetrazole rings is 1. The number of benzene rings is 1. The number of nitrogens with one attached hydrogen (secondary N) is 1. The predicted molar refractivity (Wildman–Crippen MR) is 102 cm³/mol. The Balaban J connectivity index is 1.24. The maximum Gasteiger partial charge on any atom is 0.312 e. The fourth-order valence-electron chi connectivity index (χ4n) is 5.18. The van der Waals surface area contributed by atoms with Gasteiger partial charge in [-0.05, 0) is 29.5 Å². The number of aliphatic carboxylic acids is 1. The van der Waals surface area contributed by atoms with Crippen LogP contribution in [0.5, 0.6) is 0 Å². The van der Waals surface area contributed by atoms with Crippen molar-refractivity contribution in [1.82, 2.24) is 30.4 Å². The SMILES string of the molecule is O=C(O)[C@]12CN(Cc3ccc(-c4nn[nH]n4)cc3)C[C@H]1CN(CC1CCC1)C2. The number of hydrogen-bond acceptors (Lipinski definition) is 6. The average molecular weight is 382 g/mol. The minimum absolute atomic E-state index is 0.226. The van der Waals surface area contributed by atoms with E-state index >= 15 is 0 Å². The molecule has 3 fully saturated rings. The number of carboxylic acid groups (broad SMARTS) is 1. The van der Waals surface area contributed by atoms with E-state index in [4.69, 9.17) is 0 Å². The van der Waals surface area contributed by atoms with Crippen molar-refractivity contribution in [3.8, 4) is 11.4 Å². The Bertz CT molecular complexity index is 835. The number of hydrogen-bond donors (Lipinski definition) is 2. The number of H-pyrrole nitrogens is 1. The van der Waals surface area contributed by atoms with Gasteiger partial charge in [0.1, 0.15) is 0 Å². The van der Waals surface area contributed by atoms with Gasteiger partial charge in [-0.1, -0.05) is 30.7 Å². The largest absolute Gasteiger partial charge is 0.481 e. The Labute approximate surface area is 163 Å². The number of carboxylic acids is 1. The lowest BCUT2D eigenvalue weighted by atomic mass is 9.81. The number of rotatable bonds is 6. The number of carbonyl (C=O) groups is 1. The summed E-state index contributed by atoms with van der Waals surface area (Å²) >= 11 is 0. The third-order valence-electron chi connectivity index (χ3n) is 6.88.